The Hall–Kier alpha value is -2.34. The van der Waals surface area contributed by atoms with Crippen LogP contribution in [-0.2, 0) is 11.3 Å². The fourth-order valence-electron chi connectivity index (χ4n) is 3.70. The van der Waals surface area contributed by atoms with E-state index in [2.05, 4.69) is 33.8 Å². The normalized spacial score (nSPS) is 18.3. The lowest BCUT2D eigenvalue weighted by Crippen LogP contribution is -2.51. The molecule has 2 heterocycles. The quantitative estimate of drug-likeness (QED) is 0.889. The zero-order valence-corrected chi connectivity index (χ0v) is 15.3. The van der Waals surface area contributed by atoms with Gasteiger partial charge in [0.25, 0.3) is 5.91 Å². The Morgan fingerprint density at radius 2 is 1.85 bits per heavy atom. The molecule has 0 atom stereocenters. The molecule has 1 aromatic heterocycles. The van der Waals surface area contributed by atoms with Gasteiger partial charge in [0.15, 0.2) is 0 Å². The minimum atomic E-state index is 0.0881. The second kappa shape index (κ2) is 7.11. The van der Waals surface area contributed by atoms with E-state index in [0.717, 1.165) is 49.1 Å². The van der Waals surface area contributed by atoms with Crippen molar-refractivity contribution in [1.82, 2.24) is 19.7 Å². The Labute approximate surface area is 153 Å². The summed E-state index contributed by atoms with van der Waals surface area (Å²) in [5.41, 5.74) is 1.86. The minimum absolute atomic E-state index is 0.0881. The number of aryl methyl sites for hydroxylation is 1. The second-order valence-corrected chi connectivity index (χ2v) is 7.24. The Morgan fingerprint density at radius 3 is 2.54 bits per heavy atom. The summed E-state index contributed by atoms with van der Waals surface area (Å²) in [5.74, 6) is 0.198. The molecule has 138 valence electrons. The van der Waals surface area contributed by atoms with Crippen LogP contribution in [0.3, 0.4) is 0 Å². The zero-order valence-electron chi connectivity index (χ0n) is 15.3. The lowest BCUT2D eigenvalue weighted by atomic mass is 10.2. The first kappa shape index (κ1) is 17.1. The van der Waals surface area contributed by atoms with Crippen LogP contribution in [0, 0.1) is 0 Å². The second-order valence-electron chi connectivity index (χ2n) is 7.24. The van der Waals surface area contributed by atoms with E-state index < -0.39 is 0 Å². The number of nitrogens with zero attached hydrogens (tertiary/aromatic N) is 3. The third kappa shape index (κ3) is 3.46. The third-order valence-electron chi connectivity index (χ3n) is 5.32. The van der Waals surface area contributed by atoms with E-state index in [0.29, 0.717) is 25.7 Å². The lowest BCUT2D eigenvalue weighted by Gasteiger charge is -2.34. The van der Waals surface area contributed by atoms with Gasteiger partial charge in [-0.05, 0) is 31.9 Å². The van der Waals surface area contributed by atoms with Crippen molar-refractivity contribution < 1.29 is 9.59 Å². The van der Waals surface area contributed by atoms with Crippen LogP contribution in [0.5, 0.6) is 0 Å². The molecule has 1 aliphatic heterocycles. The number of para-hydroxylation sites is 1. The Bertz CT molecular complexity index is 816. The van der Waals surface area contributed by atoms with Crippen molar-refractivity contribution in [3.8, 4) is 0 Å². The maximum atomic E-state index is 13.0. The summed E-state index contributed by atoms with van der Waals surface area (Å²) in [5, 5.41) is 4.13. The van der Waals surface area contributed by atoms with Gasteiger partial charge in [0.1, 0.15) is 5.69 Å². The summed E-state index contributed by atoms with van der Waals surface area (Å²) in [6.45, 7) is 6.11. The van der Waals surface area contributed by atoms with Crippen LogP contribution in [0.4, 0.5) is 0 Å². The molecule has 6 nitrogen and oxygen atoms in total. The molecule has 1 saturated heterocycles. The molecule has 4 rings (SSSR count). The van der Waals surface area contributed by atoms with Crippen molar-refractivity contribution in [3.05, 3.63) is 36.0 Å². The van der Waals surface area contributed by atoms with E-state index >= 15 is 0 Å². The molecule has 6 heteroatoms. The highest BCUT2D eigenvalue weighted by Crippen LogP contribution is 2.22. The van der Waals surface area contributed by atoms with E-state index in [-0.39, 0.29) is 11.8 Å². The van der Waals surface area contributed by atoms with Gasteiger partial charge in [0.05, 0.1) is 6.54 Å². The predicted molar refractivity (Wildman–Crippen MR) is 101 cm³/mol. The van der Waals surface area contributed by atoms with Crippen molar-refractivity contribution >= 4 is 22.7 Å². The maximum Gasteiger partial charge on any atom is 0.270 e. The monoisotopic (exact) mass is 354 g/mol. The van der Waals surface area contributed by atoms with Crippen LogP contribution in [0.1, 0.15) is 30.3 Å². The van der Waals surface area contributed by atoms with Crippen molar-refractivity contribution in [1.29, 1.82) is 0 Å². The van der Waals surface area contributed by atoms with Crippen LogP contribution >= 0.6 is 0 Å². The van der Waals surface area contributed by atoms with Gasteiger partial charge in [0.2, 0.25) is 5.91 Å². The number of carbonyl (C=O) groups is 2. The van der Waals surface area contributed by atoms with E-state index in [1.54, 1.807) is 0 Å². The van der Waals surface area contributed by atoms with Gasteiger partial charge in [-0.15, -0.1) is 0 Å². The largest absolute Gasteiger partial charge is 0.352 e. The fraction of sp³-hybridized carbons (Fsp3) is 0.500. The average molecular weight is 354 g/mol. The molecule has 1 aromatic carbocycles. The van der Waals surface area contributed by atoms with Crippen molar-refractivity contribution in [2.45, 2.75) is 32.4 Å². The van der Waals surface area contributed by atoms with Crippen molar-refractivity contribution in [3.63, 3.8) is 0 Å². The highest BCUT2D eigenvalue weighted by molar-refractivity contribution is 5.98. The number of hydrogen-bond donors (Lipinski definition) is 1. The van der Waals surface area contributed by atoms with Crippen LogP contribution in [0.15, 0.2) is 30.3 Å². The molecular formula is C20H26N4O2. The molecule has 1 aliphatic carbocycles. The predicted octanol–water partition coefficient (Wildman–Crippen LogP) is 1.70. The molecule has 0 bridgehead atoms. The van der Waals surface area contributed by atoms with Crippen LogP contribution in [-0.4, -0.2) is 64.9 Å². The zero-order chi connectivity index (χ0) is 18.1. The molecule has 26 heavy (non-hydrogen) atoms. The SMILES string of the molecule is CCn1c(C(=O)N2CCN(CC(=O)NC3CC3)CC2)cc2ccccc21. The fourth-order valence-corrected chi connectivity index (χ4v) is 3.70. The van der Waals surface area contributed by atoms with Gasteiger partial charge in [-0.1, -0.05) is 18.2 Å². The summed E-state index contributed by atoms with van der Waals surface area (Å²) < 4.78 is 2.09. The molecule has 2 aliphatic rings. The molecule has 1 saturated carbocycles. The first-order valence-corrected chi connectivity index (χ1v) is 9.55. The topological polar surface area (TPSA) is 57.6 Å². The van der Waals surface area contributed by atoms with E-state index in [4.69, 9.17) is 0 Å². The summed E-state index contributed by atoms with van der Waals surface area (Å²) in [4.78, 5) is 29.0. The third-order valence-corrected chi connectivity index (χ3v) is 5.32. The molecule has 2 aromatic rings. The molecule has 0 radical (unpaired) electrons. The number of aromatic nitrogens is 1. The molecule has 0 spiro atoms. The highest BCUT2D eigenvalue weighted by atomic mass is 16.2. The summed E-state index contributed by atoms with van der Waals surface area (Å²) in [6.07, 6.45) is 2.22. The highest BCUT2D eigenvalue weighted by Gasteiger charge is 2.27. The van der Waals surface area contributed by atoms with E-state index in [9.17, 15) is 9.59 Å². The van der Waals surface area contributed by atoms with Gasteiger partial charge in [-0.25, -0.2) is 0 Å². The molecular weight excluding hydrogens is 328 g/mol. The van der Waals surface area contributed by atoms with Gasteiger partial charge in [0, 0.05) is 49.7 Å². The number of rotatable bonds is 5. The van der Waals surface area contributed by atoms with Gasteiger partial charge in [-0.3, -0.25) is 14.5 Å². The Kier molecular flexibility index (Phi) is 4.68. The van der Waals surface area contributed by atoms with E-state index in [1.165, 1.54) is 0 Å². The van der Waals surface area contributed by atoms with Crippen LogP contribution in [0.2, 0.25) is 0 Å². The maximum absolute atomic E-state index is 13.0. The summed E-state index contributed by atoms with van der Waals surface area (Å²) in [7, 11) is 0. The van der Waals surface area contributed by atoms with Gasteiger partial charge in [-0.2, -0.15) is 0 Å². The van der Waals surface area contributed by atoms with Gasteiger partial charge >= 0.3 is 0 Å². The number of hydrogen-bond acceptors (Lipinski definition) is 3. The number of fused-ring (bicyclic) bond motifs is 1. The molecule has 1 N–H and O–H groups in total. The lowest BCUT2D eigenvalue weighted by molar-refractivity contribution is -0.122. The molecule has 2 amide bonds. The summed E-state index contributed by atoms with van der Waals surface area (Å²) >= 11 is 0. The Morgan fingerprint density at radius 1 is 1.12 bits per heavy atom. The standard InChI is InChI=1S/C20H26N4O2/c1-2-24-17-6-4-3-5-15(17)13-18(24)20(26)23-11-9-22(10-12-23)14-19(25)21-16-7-8-16/h3-6,13,16H,2,7-12,14H2,1H3,(H,21,25). The molecule has 0 unspecified atom stereocenters. The number of nitrogens with one attached hydrogen (secondary N) is 1. The van der Waals surface area contributed by atoms with Crippen molar-refractivity contribution in [2.24, 2.45) is 0 Å². The molecule has 2 fully saturated rings. The number of carbonyl (C=O) groups excluding carboxylic acids is 2. The number of piperazine rings is 1. The van der Waals surface area contributed by atoms with Crippen molar-refractivity contribution in [2.75, 3.05) is 32.7 Å². The smallest absolute Gasteiger partial charge is 0.270 e. The number of benzene rings is 1. The van der Waals surface area contributed by atoms with Crippen LogP contribution < -0.4 is 5.32 Å². The minimum Gasteiger partial charge on any atom is -0.352 e. The first-order chi connectivity index (χ1) is 12.7. The number of amides is 2. The van der Waals surface area contributed by atoms with E-state index in [1.807, 2.05) is 23.1 Å². The average Bonchev–Trinajstić information content (AvgIpc) is 3.38. The summed E-state index contributed by atoms with van der Waals surface area (Å²) in [6, 6.07) is 10.5. The first-order valence-electron chi connectivity index (χ1n) is 9.55. The van der Waals surface area contributed by atoms with Gasteiger partial charge < -0.3 is 14.8 Å². The Balaban J connectivity index is 1.39. The van der Waals surface area contributed by atoms with Crippen LogP contribution in [0.25, 0.3) is 10.9 Å².